The SMILES string of the molecule is CN1C(c2ccccc2)CC(c2ccccc2)N1C.Cc1ccc(S(=O)(=O)O)cc1. The zero-order valence-electron chi connectivity index (χ0n) is 17.5. The standard InChI is InChI=1S/C17H20N2.C7H8O3S/c1-18-16(14-9-5-3-6-10-14)13-17(19(18)2)15-11-7-4-8-12-15;1-6-2-4-7(5-3-6)11(8,9)10/h3-12,16-17H,13H2,1-2H3;2-5H,1H3,(H,8,9,10). The van der Waals surface area contributed by atoms with Crippen molar-refractivity contribution in [1.29, 1.82) is 0 Å². The largest absolute Gasteiger partial charge is 0.294 e. The Morgan fingerprint density at radius 3 is 1.50 bits per heavy atom. The van der Waals surface area contributed by atoms with Crippen LogP contribution in [0.3, 0.4) is 0 Å². The van der Waals surface area contributed by atoms with Gasteiger partial charge in [-0.05, 0) is 36.6 Å². The molecule has 0 amide bonds. The summed E-state index contributed by atoms with van der Waals surface area (Å²) in [4.78, 5) is -0.0666. The van der Waals surface area contributed by atoms with Crippen LogP contribution in [-0.4, -0.2) is 37.1 Å². The fourth-order valence-corrected chi connectivity index (χ4v) is 4.20. The number of hydrogen-bond donors (Lipinski definition) is 1. The average molecular weight is 425 g/mol. The summed E-state index contributed by atoms with van der Waals surface area (Å²) in [5.74, 6) is 0. The van der Waals surface area contributed by atoms with Gasteiger partial charge in [-0.3, -0.25) is 4.55 Å². The first-order valence-corrected chi connectivity index (χ1v) is 11.3. The monoisotopic (exact) mass is 424 g/mol. The van der Waals surface area contributed by atoms with E-state index in [0.717, 1.165) is 12.0 Å². The molecular formula is C24H28N2O3S. The summed E-state index contributed by atoms with van der Waals surface area (Å²) in [5, 5.41) is 4.71. The van der Waals surface area contributed by atoms with Gasteiger partial charge in [-0.1, -0.05) is 78.4 Å². The van der Waals surface area contributed by atoms with Crippen LogP contribution in [0.4, 0.5) is 0 Å². The molecule has 0 aromatic heterocycles. The van der Waals surface area contributed by atoms with Gasteiger partial charge >= 0.3 is 0 Å². The van der Waals surface area contributed by atoms with E-state index in [9.17, 15) is 8.42 Å². The summed E-state index contributed by atoms with van der Waals surface area (Å²) >= 11 is 0. The van der Waals surface area contributed by atoms with Crippen LogP contribution in [0.1, 0.15) is 35.2 Å². The van der Waals surface area contributed by atoms with Crippen molar-refractivity contribution in [2.75, 3.05) is 14.1 Å². The maximum atomic E-state index is 10.5. The highest BCUT2D eigenvalue weighted by Gasteiger charge is 2.35. The van der Waals surface area contributed by atoms with Crippen LogP contribution >= 0.6 is 0 Å². The van der Waals surface area contributed by atoms with Gasteiger partial charge in [0.2, 0.25) is 0 Å². The van der Waals surface area contributed by atoms with Crippen molar-refractivity contribution >= 4 is 10.1 Å². The molecule has 5 nitrogen and oxygen atoms in total. The Bertz CT molecular complexity index is 989. The quantitative estimate of drug-likeness (QED) is 0.607. The number of hydrazine groups is 1. The van der Waals surface area contributed by atoms with Crippen molar-refractivity contribution in [1.82, 2.24) is 10.0 Å². The fraction of sp³-hybridized carbons (Fsp3) is 0.250. The third kappa shape index (κ3) is 5.34. The third-order valence-corrected chi connectivity index (χ3v) is 6.40. The van der Waals surface area contributed by atoms with Gasteiger partial charge < -0.3 is 0 Å². The first kappa shape index (κ1) is 22.2. The van der Waals surface area contributed by atoms with Crippen molar-refractivity contribution in [2.24, 2.45) is 0 Å². The molecule has 1 saturated heterocycles. The zero-order valence-corrected chi connectivity index (χ0v) is 18.3. The van der Waals surface area contributed by atoms with Crippen molar-refractivity contribution in [2.45, 2.75) is 30.3 Å². The summed E-state index contributed by atoms with van der Waals surface area (Å²) < 4.78 is 29.6. The van der Waals surface area contributed by atoms with Gasteiger partial charge in [0.25, 0.3) is 10.1 Å². The molecule has 158 valence electrons. The second-order valence-corrected chi connectivity index (χ2v) is 8.95. The summed E-state index contributed by atoms with van der Waals surface area (Å²) in [6, 6.07) is 28.5. The summed E-state index contributed by atoms with van der Waals surface area (Å²) in [7, 11) is 0.343. The predicted molar refractivity (Wildman–Crippen MR) is 120 cm³/mol. The second-order valence-electron chi connectivity index (χ2n) is 7.52. The van der Waals surface area contributed by atoms with E-state index in [4.69, 9.17) is 4.55 Å². The maximum absolute atomic E-state index is 10.5. The van der Waals surface area contributed by atoms with E-state index in [1.54, 1.807) is 12.1 Å². The van der Waals surface area contributed by atoms with Crippen LogP contribution in [0.2, 0.25) is 0 Å². The lowest BCUT2D eigenvalue weighted by Crippen LogP contribution is -2.32. The fourth-order valence-electron chi connectivity index (χ4n) is 3.72. The lowest BCUT2D eigenvalue weighted by atomic mass is 9.97. The highest BCUT2D eigenvalue weighted by molar-refractivity contribution is 7.85. The summed E-state index contributed by atoms with van der Waals surface area (Å²) in [5.41, 5.74) is 3.75. The molecule has 3 aromatic rings. The lowest BCUT2D eigenvalue weighted by molar-refractivity contribution is 0.0252. The Kier molecular flexibility index (Phi) is 7.05. The van der Waals surface area contributed by atoms with Gasteiger partial charge in [0.05, 0.1) is 17.0 Å². The van der Waals surface area contributed by atoms with E-state index in [0.29, 0.717) is 12.1 Å². The smallest absolute Gasteiger partial charge is 0.282 e. The molecule has 1 heterocycles. The highest BCUT2D eigenvalue weighted by atomic mass is 32.2. The highest BCUT2D eigenvalue weighted by Crippen LogP contribution is 2.41. The Balaban J connectivity index is 0.000000199. The molecule has 2 unspecified atom stereocenters. The number of nitrogens with zero attached hydrogens (tertiary/aromatic N) is 2. The van der Waals surface area contributed by atoms with Crippen molar-refractivity contribution in [3.8, 4) is 0 Å². The zero-order chi connectivity index (χ0) is 21.7. The van der Waals surface area contributed by atoms with Crippen LogP contribution < -0.4 is 0 Å². The van der Waals surface area contributed by atoms with E-state index in [1.807, 2.05) is 6.92 Å². The van der Waals surface area contributed by atoms with Crippen LogP contribution in [0, 0.1) is 6.92 Å². The predicted octanol–water partition coefficient (Wildman–Crippen LogP) is 4.89. The van der Waals surface area contributed by atoms with Crippen LogP contribution in [-0.2, 0) is 10.1 Å². The maximum Gasteiger partial charge on any atom is 0.294 e. The molecule has 1 fully saturated rings. The van der Waals surface area contributed by atoms with E-state index in [1.165, 1.54) is 23.3 Å². The normalized spacial score (nSPS) is 19.9. The molecule has 3 aromatic carbocycles. The van der Waals surface area contributed by atoms with Crippen LogP contribution in [0.25, 0.3) is 0 Å². The first-order chi connectivity index (χ1) is 14.3. The van der Waals surface area contributed by atoms with Crippen molar-refractivity contribution in [3.63, 3.8) is 0 Å². The molecule has 4 rings (SSSR count). The topological polar surface area (TPSA) is 60.9 Å². The summed E-state index contributed by atoms with van der Waals surface area (Å²) in [6.07, 6.45) is 1.14. The van der Waals surface area contributed by atoms with E-state index >= 15 is 0 Å². The Hall–Kier alpha value is -2.51. The second kappa shape index (κ2) is 9.53. The average Bonchev–Trinajstić information content (AvgIpc) is 3.04. The lowest BCUT2D eigenvalue weighted by Gasteiger charge is -2.28. The number of aryl methyl sites for hydroxylation is 1. The van der Waals surface area contributed by atoms with Crippen LogP contribution in [0.15, 0.2) is 89.8 Å². The molecule has 1 aliphatic heterocycles. The van der Waals surface area contributed by atoms with Crippen molar-refractivity contribution < 1.29 is 13.0 Å². The number of benzene rings is 3. The van der Waals surface area contributed by atoms with Crippen LogP contribution in [0.5, 0.6) is 0 Å². The molecular weight excluding hydrogens is 396 g/mol. The molecule has 1 aliphatic rings. The van der Waals surface area contributed by atoms with Crippen molar-refractivity contribution in [3.05, 3.63) is 102 Å². The van der Waals surface area contributed by atoms with E-state index in [-0.39, 0.29) is 4.90 Å². The molecule has 1 N–H and O–H groups in total. The van der Waals surface area contributed by atoms with Gasteiger partial charge in [-0.2, -0.15) is 8.42 Å². The van der Waals surface area contributed by atoms with E-state index < -0.39 is 10.1 Å². The Morgan fingerprint density at radius 1 is 0.733 bits per heavy atom. The molecule has 0 bridgehead atoms. The summed E-state index contributed by atoms with van der Waals surface area (Å²) in [6.45, 7) is 1.84. The molecule has 6 heteroatoms. The van der Waals surface area contributed by atoms with Gasteiger partial charge in [-0.15, -0.1) is 0 Å². The minimum absolute atomic E-state index is 0.0666. The van der Waals surface area contributed by atoms with E-state index in [2.05, 4.69) is 84.8 Å². The molecule has 30 heavy (non-hydrogen) atoms. The van der Waals surface area contributed by atoms with Gasteiger partial charge in [0.1, 0.15) is 0 Å². The van der Waals surface area contributed by atoms with Gasteiger partial charge in [-0.25, -0.2) is 10.0 Å². The molecule has 0 saturated carbocycles. The Labute approximate surface area is 179 Å². The molecule has 0 spiro atoms. The number of rotatable bonds is 3. The Morgan fingerprint density at radius 2 is 1.13 bits per heavy atom. The first-order valence-electron chi connectivity index (χ1n) is 9.87. The van der Waals surface area contributed by atoms with Gasteiger partial charge in [0.15, 0.2) is 0 Å². The third-order valence-electron chi connectivity index (χ3n) is 5.53. The van der Waals surface area contributed by atoms with Gasteiger partial charge in [0, 0.05) is 14.1 Å². The minimum Gasteiger partial charge on any atom is -0.282 e. The minimum atomic E-state index is -4.02. The molecule has 0 aliphatic carbocycles. The molecule has 0 radical (unpaired) electrons. The number of hydrogen-bond acceptors (Lipinski definition) is 4. The molecule has 2 atom stereocenters.